The highest BCUT2D eigenvalue weighted by Gasteiger charge is 2.06. The van der Waals surface area contributed by atoms with Crippen molar-refractivity contribution < 1.29 is 4.79 Å². The van der Waals surface area contributed by atoms with Crippen LogP contribution < -0.4 is 5.43 Å². The van der Waals surface area contributed by atoms with Gasteiger partial charge in [0.05, 0.1) is 5.75 Å². The van der Waals surface area contributed by atoms with Gasteiger partial charge in [-0.05, 0) is 10.7 Å². The molecule has 3 nitrogen and oxygen atoms in total. The number of rotatable bonds is 4. The minimum Gasteiger partial charge on any atom is -0.272 e. The average molecular weight is 216 g/mol. The maximum Gasteiger partial charge on any atom is 0.250 e. The summed E-state index contributed by atoms with van der Waals surface area (Å²) in [7, 11) is 0. The van der Waals surface area contributed by atoms with Gasteiger partial charge in [-0.2, -0.15) is 5.10 Å². The van der Waals surface area contributed by atoms with Gasteiger partial charge in [0.2, 0.25) is 5.91 Å². The van der Waals surface area contributed by atoms with Gasteiger partial charge in [-0.25, -0.2) is 5.43 Å². The molecule has 0 aromatic carbocycles. The predicted molar refractivity (Wildman–Crippen MR) is 63.7 cm³/mol. The Labute approximate surface area is 90.7 Å². The van der Waals surface area contributed by atoms with Crippen LogP contribution in [0.5, 0.6) is 0 Å². The summed E-state index contributed by atoms with van der Waals surface area (Å²) in [6.45, 7) is 10.2. The fourth-order valence-electron chi connectivity index (χ4n) is 0.573. The number of carbonyl (C=O) groups is 1. The van der Waals surface area contributed by atoms with E-state index in [-0.39, 0.29) is 11.3 Å². The number of hydrogen-bond donors (Lipinski definition) is 1. The fourth-order valence-corrected chi connectivity index (χ4v) is 1.12. The Morgan fingerprint density at radius 2 is 2.07 bits per heavy atom. The molecule has 0 atom stereocenters. The van der Waals surface area contributed by atoms with E-state index in [1.165, 1.54) is 0 Å². The van der Waals surface area contributed by atoms with Gasteiger partial charge in [0.25, 0.3) is 0 Å². The Kier molecular flexibility index (Phi) is 5.84. The van der Waals surface area contributed by atoms with Crippen molar-refractivity contribution in [2.75, 3.05) is 5.75 Å². The summed E-state index contributed by atoms with van der Waals surface area (Å²) < 4.78 is 0. The van der Waals surface area contributed by atoms with Gasteiger partial charge in [0.15, 0.2) is 0 Å². The molecule has 0 aliphatic rings. The Bertz CT molecular complexity index is 207. The van der Waals surface area contributed by atoms with Crippen LogP contribution in [0.4, 0.5) is 0 Å². The van der Waals surface area contributed by atoms with E-state index in [2.05, 4.69) is 24.4 Å². The van der Waals surface area contributed by atoms with Crippen LogP contribution in [0.2, 0.25) is 0 Å². The summed E-state index contributed by atoms with van der Waals surface area (Å²) in [5, 5.41) is 4.36. The highest BCUT2D eigenvalue weighted by atomic mass is 32.2. The molecular formula is C10H20N2OS. The zero-order valence-corrected chi connectivity index (χ0v) is 10.4. The average Bonchev–Trinajstić information content (AvgIpc) is 1.98. The Morgan fingerprint density at radius 1 is 1.50 bits per heavy atom. The second kappa shape index (κ2) is 6.06. The summed E-state index contributed by atoms with van der Waals surface area (Å²) in [6.07, 6.45) is 1.74. The summed E-state index contributed by atoms with van der Waals surface area (Å²) in [4.78, 5) is 11.2. The number of nitrogens with one attached hydrogen (secondary N) is 1. The predicted octanol–water partition coefficient (Wildman–Crippen LogP) is 2.28. The second-order valence-corrected chi connectivity index (χ2v) is 6.08. The van der Waals surface area contributed by atoms with Gasteiger partial charge < -0.3 is 0 Å². The Morgan fingerprint density at radius 3 is 2.50 bits per heavy atom. The molecule has 14 heavy (non-hydrogen) atoms. The molecule has 0 aromatic rings. The van der Waals surface area contributed by atoms with Crippen molar-refractivity contribution in [2.45, 2.75) is 39.9 Å². The molecular weight excluding hydrogens is 196 g/mol. The first-order chi connectivity index (χ1) is 6.31. The van der Waals surface area contributed by atoms with Gasteiger partial charge in [-0.15, -0.1) is 11.8 Å². The zero-order valence-electron chi connectivity index (χ0n) is 9.63. The van der Waals surface area contributed by atoms with E-state index < -0.39 is 0 Å². The summed E-state index contributed by atoms with van der Waals surface area (Å²) in [5.74, 6) is 0.434. The maximum absolute atomic E-state index is 11.2. The molecule has 0 radical (unpaired) electrons. The van der Waals surface area contributed by atoms with Crippen LogP contribution >= 0.6 is 11.8 Å². The second-order valence-electron chi connectivity index (χ2n) is 4.52. The van der Waals surface area contributed by atoms with Crippen molar-refractivity contribution in [3.05, 3.63) is 0 Å². The Hall–Kier alpha value is -0.510. The molecule has 0 heterocycles. The number of hydrogen-bond acceptors (Lipinski definition) is 3. The number of amides is 1. The third-order valence-electron chi connectivity index (χ3n) is 1.19. The first-order valence-electron chi connectivity index (χ1n) is 4.76. The third kappa shape index (κ3) is 9.58. The van der Waals surface area contributed by atoms with Crippen LogP contribution in [-0.2, 0) is 4.79 Å². The number of carbonyl (C=O) groups excluding carboxylic acids is 1. The molecule has 0 aliphatic carbocycles. The molecule has 0 fully saturated rings. The third-order valence-corrected chi connectivity index (χ3v) is 2.28. The van der Waals surface area contributed by atoms with Crippen LogP contribution in [0, 0.1) is 5.41 Å². The highest BCUT2D eigenvalue weighted by Crippen LogP contribution is 2.09. The van der Waals surface area contributed by atoms with Gasteiger partial charge >= 0.3 is 0 Å². The van der Waals surface area contributed by atoms with Gasteiger partial charge in [0, 0.05) is 6.21 Å². The van der Waals surface area contributed by atoms with Crippen LogP contribution in [0.15, 0.2) is 5.10 Å². The number of hydrazone groups is 1. The van der Waals surface area contributed by atoms with Crippen LogP contribution in [0.3, 0.4) is 0 Å². The van der Waals surface area contributed by atoms with Crippen LogP contribution in [0.25, 0.3) is 0 Å². The van der Waals surface area contributed by atoms with Crippen molar-refractivity contribution in [1.82, 2.24) is 5.43 Å². The minimum absolute atomic E-state index is 0.0124. The normalized spacial score (nSPS) is 12.4. The van der Waals surface area contributed by atoms with E-state index >= 15 is 0 Å². The fraction of sp³-hybridized carbons (Fsp3) is 0.800. The molecule has 0 spiro atoms. The van der Waals surface area contributed by atoms with Crippen molar-refractivity contribution >= 4 is 23.9 Å². The van der Waals surface area contributed by atoms with Gasteiger partial charge in [0.1, 0.15) is 0 Å². The highest BCUT2D eigenvalue weighted by molar-refractivity contribution is 8.00. The summed E-state index contributed by atoms with van der Waals surface area (Å²) in [5.41, 5.74) is 2.52. The van der Waals surface area contributed by atoms with E-state index in [0.717, 1.165) is 0 Å². The van der Waals surface area contributed by atoms with E-state index in [0.29, 0.717) is 11.0 Å². The minimum atomic E-state index is -0.0378. The molecule has 1 N–H and O–H groups in total. The maximum atomic E-state index is 11.2. The van der Waals surface area contributed by atoms with Gasteiger partial charge in [-0.3, -0.25) is 4.79 Å². The first-order valence-corrected chi connectivity index (χ1v) is 5.81. The van der Waals surface area contributed by atoms with Crippen molar-refractivity contribution in [3.63, 3.8) is 0 Å². The lowest BCUT2D eigenvalue weighted by Gasteiger charge is -2.09. The standard InChI is InChI=1S/C10H20N2OS/c1-8(2)14-6-9(13)12-11-7-10(3,4)5/h7-8H,6H2,1-5H3,(H,12,13)/b11-7+. The van der Waals surface area contributed by atoms with Gasteiger partial charge in [-0.1, -0.05) is 34.6 Å². The molecule has 0 aromatic heterocycles. The van der Waals surface area contributed by atoms with E-state index in [9.17, 15) is 4.79 Å². The molecule has 0 unspecified atom stereocenters. The van der Waals surface area contributed by atoms with Crippen LogP contribution in [0.1, 0.15) is 34.6 Å². The topological polar surface area (TPSA) is 41.5 Å². The SMILES string of the molecule is CC(C)SCC(=O)N/N=C/C(C)(C)C. The number of thioether (sulfide) groups is 1. The quantitative estimate of drug-likeness (QED) is 0.578. The molecule has 0 saturated heterocycles. The molecule has 4 heteroatoms. The largest absolute Gasteiger partial charge is 0.272 e. The first kappa shape index (κ1) is 13.5. The molecule has 0 rings (SSSR count). The van der Waals surface area contributed by atoms with Crippen LogP contribution in [-0.4, -0.2) is 23.1 Å². The zero-order chi connectivity index (χ0) is 11.2. The number of nitrogens with zero attached hydrogens (tertiary/aromatic N) is 1. The lowest BCUT2D eigenvalue weighted by molar-refractivity contribution is -0.118. The smallest absolute Gasteiger partial charge is 0.250 e. The molecule has 0 saturated carbocycles. The van der Waals surface area contributed by atoms with Crippen molar-refractivity contribution in [3.8, 4) is 0 Å². The molecule has 1 amide bonds. The van der Waals surface area contributed by atoms with E-state index in [4.69, 9.17) is 0 Å². The van der Waals surface area contributed by atoms with E-state index in [1.54, 1.807) is 18.0 Å². The summed E-state index contributed by atoms with van der Waals surface area (Å²) in [6, 6.07) is 0. The van der Waals surface area contributed by atoms with Crippen molar-refractivity contribution in [1.29, 1.82) is 0 Å². The molecule has 0 aliphatic heterocycles. The molecule has 82 valence electrons. The monoisotopic (exact) mass is 216 g/mol. The lowest BCUT2D eigenvalue weighted by atomic mass is 9.99. The molecule has 0 bridgehead atoms. The van der Waals surface area contributed by atoms with E-state index in [1.807, 2.05) is 20.8 Å². The lowest BCUT2D eigenvalue weighted by Crippen LogP contribution is -2.22. The van der Waals surface area contributed by atoms with Crippen molar-refractivity contribution in [2.24, 2.45) is 10.5 Å². The summed E-state index contributed by atoms with van der Waals surface area (Å²) >= 11 is 1.61. The Balaban J connectivity index is 3.70.